The lowest BCUT2D eigenvalue weighted by molar-refractivity contribution is 0.409. The first-order chi connectivity index (χ1) is 8.19. The molecule has 0 spiro atoms. The molecule has 0 heterocycles. The summed E-state index contributed by atoms with van der Waals surface area (Å²) in [6, 6.07) is 4.17. The van der Waals surface area contributed by atoms with Gasteiger partial charge in [-0.2, -0.15) is 0 Å². The molecule has 1 aromatic rings. The van der Waals surface area contributed by atoms with E-state index in [0.29, 0.717) is 5.11 Å². The van der Waals surface area contributed by atoms with Crippen molar-refractivity contribution in [2.75, 3.05) is 11.9 Å². The summed E-state index contributed by atoms with van der Waals surface area (Å²) >= 11 is 8.82. The molecule has 0 saturated heterocycles. The molecule has 0 unspecified atom stereocenters. The number of aryl methyl sites for hydroxylation is 2. The van der Waals surface area contributed by atoms with Crippen LogP contribution < -0.4 is 10.6 Å². The van der Waals surface area contributed by atoms with Gasteiger partial charge in [-0.25, -0.2) is 0 Å². The smallest absolute Gasteiger partial charge is 0.170 e. The Morgan fingerprint density at radius 3 is 2.17 bits per heavy atom. The second kappa shape index (κ2) is 6.02. The van der Waals surface area contributed by atoms with Gasteiger partial charge >= 0.3 is 0 Å². The Balaban J connectivity index is 2.71. The molecule has 1 aromatic carbocycles. The average Bonchev–Trinajstić information content (AvgIpc) is 2.19. The summed E-state index contributed by atoms with van der Waals surface area (Å²) in [5, 5.41) is 7.21. The van der Waals surface area contributed by atoms with Crippen LogP contribution >= 0.6 is 28.1 Å². The molecule has 0 aliphatic carbocycles. The quantitative estimate of drug-likeness (QED) is 0.787. The lowest BCUT2D eigenvalue weighted by Crippen LogP contribution is -2.35. The molecular formula is C14H21BrN2S. The molecule has 0 saturated carbocycles. The number of rotatable bonds is 2. The van der Waals surface area contributed by atoms with E-state index >= 15 is 0 Å². The maximum Gasteiger partial charge on any atom is 0.170 e. The molecule has 0 aromatic heterocycles. The van der Waals surface area contributed by atoms with Crippen molar-refractivity contribution in [2.24, 2.45) is 5.41 Å². The highest BCUT2D eigenvalue weighted by molar-refractivity contribution is 9.10. The standard InChI is InChI=1S/C14H21BrN2S/c1-9-6-11(15)7-10(2)12(9)17-13(18)16-8-14(3,4)5/h6-7H,8H2,1-5H3,(H2,16,17,18). The SMILES string of the molecule is Cc1cc(Br)cc(C)c1NC(=S)NCC(C)(C)C. The zero-order valence-corrected chi connectivity index (χ0v) is 14.1. The van der Waals surface area contributed by atoms with E-state index in [0.717, 1.165) is 16.7 Å². The number of thiocarbonyl (C=S) groups is 1. The van der Waals surface area contributed by atoms with Gasteiger partial charge in [0.25, 0.3) is 0 Å². The largest absolute Gasteiger partial charge is 0.362 e. The van der Waals surface area contributed by atoms with Crippen LogP contribution in [0, 0.1) is 19.3 Å². The van der Waals surface area contributed by atoms with E-state index in [9.17, 15) is 0 Å². The molecule has 0 amide bonds. The number of halogens is 1. The van der Waals surface area contributed by atoms with E-state index < -0.39 is 0 Å². The molecule has 0 fully saturated rings. The second-order valence-corrected chi connectivity index (χ2v) is 7.11. The molecule has 0 aliphatic rings. The molecule has 4 heteroatoms. The van der Waals surface area contributed by atoms with E-state index in [4.69, 9.17) is 12.2 Å². The monoisotopic (exact) mass is 328 g/mol. The number of hydrogen-bond acceptors (Lipinski definition) is 1. The fourth-order valence-corrected chi connectivity index (χ4v) is 2.47. The zero-order valence-electron chi connectivity index (χ0n) is 11.6. The predicted octanol–water partition coefficient (Wildman–Crippen LogP) is 4.40. The Morgan fingerprint density at radius 1 is 1.22 bits per heavy atom. The Morgan fingerprint density at radius 2 is 1.72 bits per heavy atom. The molecule has 0 aliphatic heterocycles. The molecule has 0 atom stereocenters. The van der Waals surface area contributed by atoms with Crippen molar-refractivity contribution < 1.29 is 0 Å². The number of anilines is 1. The van der Waals surface area contributed by atoms with Crippen molar-refractivity contribution in [3.8, 4) is 0 Å². The normalized spacial score (nSPS) is 11.2. The summed E-state index contributed by atoms with van der Waals surface area (Å²) in [6.07, 6.45) is 0. The average molecular weight is 329 g/mol. The van der Waals surface area contributed by atoms with Gasteiger partial charge in [0.05, 0.1) is 0 Å². The van der Waals surface area contributed by atoms with Crippen molar-refractivity contribution in [2.45, 2.75) is 34.6 Å². The summed E-state index contributed by atoms with van der Waals surface area (Å²) in [7, 11) is 0. The highest BCUT2D eigenvalue weighted by atomic mass is 79.9. The van der Waals surface area contributed by atoms with Gasteiger partial charge in [-0.05, 0) is 54.7 Å². The fourth-order valence-electron chi connectivity index (χ4n) is 1.61. The van der Waals surface area contributed by atoms with Crippen LogP contribution in [-0.2, 0) is 0 Å². The lowest BCUT2D eigenvalue weighted by atomic mass is 9.97. The number of benzene rings is 1. The molecular weight excluding hydrogens is 308 g/mol. The van der Waals surface area contributed by atoms with Gasteiger partial charge < -0.3 is 10.6 Å². The van der Waals surface area contributed by atoms with Gasteiger partial charge in [-0.1, -0.05) is 36.7 Å². The first-order valence-electron chi connectivity index (χ1n) is 6.00. The van der Waals surface area contributed by atoms with Crippen LogP contribution in [-0.4, -0.2) is 11.7 Å². The summed E-state index contributed by atoms with van der Waals surface area (Å²) in [5.74, 6) is 0. The van der Waals surface area contributed by atoms with Crippen LogP contribution in [0.1, 0.15) is 31.9 Å². The van der Waals surface area contributed by atoms with Crippen LogP contribution in [0.4, 0.5) is 5.69 Å². The fraction of sp³-hybridized carbons (Fsp3) is 0.500. The predicted molar refractivity (Wildman–Crippen MR) is 87.3 cm³/mol. The highest BCUT2D eigenvalue weighted by Crippen LogP contribution is 2.25. The van der Waals surface area contributed by atoms with Crippen LogP contribution in [0.5, 0.6) is 0 Å². The van der Waals surface area contributed by atoms with Gasteiger partial charge in [0.15, 0.2) is 5.11 Å². The maximum absolute atomic E-state index is 5.32. The second-order valence-electron chi connectivity index (χ2n) is 5.78. The summed E-state index contributed by atoms with van der Waals surface area (Å²) in [5.41, 5.74) is 3.67. The van der Waals surface area contributed by atoms with Crippen molar-refractivity contribution in [3.05, 3.63) is 27.7 Å². The molecule has 0 bridgehead atoms. The summed E-state index contributed by atoms with van der Waals surface area (Å²) in [4.78, 5) is 0. The highest BCUT2D eigenvalue weighted by Gasteiger charge is 2.11. The molecule has 0 radical (unpaired) electrons. The van der Waals surface area contributed by atoms with Crippen molar-refractivity contribution in [3.63, 3.8) is 0 Å². The third kappa shape index (κ3) is 4.94. The van der Waals surface area contributed by atoms with Crippen LogP contribution in [0.25, 0.3) is 0 Å². The Labute approximate surface area is 124 Å². The third-order valence-corrected chi connectivity index (χ3v) is 3.22. The Bertz CT molecular complexity index is 427. The third-order valence-electron chi connectivity index (χ3n) is 2.52. The molecule has 18 heavy (non-hydrogen) atoms. The van der Waals surface area contributed by atoms with Crippen LogP contribution in [0.2, 0.25) is 0 Å². The van der Waals surface area contributed by atoms with Gasteiger partial charge in [0.1, 0.15) is 0 Å². The molecule has 2 nitrogen and oxygen atoms in total. The number of hydrogen-bond donors (Lipinski definition) is 2. The minimum atomic E-state index is 0.218. The Hall–Kier alpha value is -0.610. The zero-order chi connectivity index (χ0) is 13.9. The van der Waals surface area contributed by atoms with E-state index in [2.05, 4.69) is 73.3 Å². The minimum Gasteiger partial charge on any atom is -0.362 e. The molecule has 1 rings (SSSR count). The summed E-state index contributed by atoms with van der Waals surface area (Å²) in [6.45, 7) is 11.5. The van der Waals surface area contributed by atoms with Crippen molar-refractivity contribution in [1.82, 2.24) is 5.32 Å². The van der Waals surface area contributed by atoms with Gasteiger partial charge in [0.2, 0.25) is 0 Å². The van der Waals surface area contributed by atoms with Crippen molar-refractivity contribution in [1.29, 1.82) is 0 Å². The van der Waals surface area contributed by atoms with E-state index in [1.165, 1.54) is 11.1 Å². The van der Waals surface area contributed by atoms with E-state index in [-0.39, 0.29) is 5.41 Å². The topological polar surface area (TPSA) is 24.1 Å². The van der Waals surface area contributed by atoms with Crippen LogP contribution in [0.15, 0.2) is 16.6 Å². The lowest BCUT2D eigenvalue weighted by Gasteiger charge is -2.21. The van der Waals surface area contributed by atoms with Crippen LogP contribution in [0.3, 0.4) is 0 Å². The summed E-state index contributed by atoms with van der Waals surface area (Å²) < 4.78 is 1.09. The van der Waals surface area contributed by atoms with Crippen molar-refractivity contribution >= 4 is 38.9 Å². The van der Waals surface area contributed by atoms with E-state index in [1.807, 2.05) is 0 Å². The van der Waals surface area contributed by atoms with Gasteiger partial charge in [-0.15, -0.1) is 0 Å². The first-order valence-corrected chi connectivity index (χ1v) is 7.21. The van der Waals surface area contributed by atoms with Gasteiger partial charge in [0, 0.05) is 16.7 Å². The molecule has 2 N–H and O–H groups in total. The maximum atomic E-state index is 5.32. The Kier molecular flexibility index (Phi) is 5.17. The molecule has 100 valence electrons. The van der Waals surface area contributed by atoms with Gasteiger partial charge in [-0.3, -0.25) is 0 Å². The minimum absolute atomic E-state index is 0.218. The first kappa shape index (κ1) is 15.4. The number of nitrogens with one attached hydrogen (secondary N) is 2. The van der Waals surface area contributed by atoms with E-state index in [1.54, 1.807) is 0 Å².